The molecule has 0 bridgehead atoms. The van der Waals surface area contributed by atoms with E-state index in [0.717, 1.165) is 0 Å². The van der Waals surface area contributed by atoms with Crippen LogP contribution in [0.4, 0.5) is 0 Å². The first-order valence-electron chi connectivity index (χ1n) is 7.05. The second-order valence-electron chi connectivity index (χ2n) is 4.72. The van der Waals surface area contributed by atoms with Crippen LogP contribution in [0.5, 0.6) is 0 Å². The molecule has 0 aliphatic carbocycles. The van der Waals surface area contributed by atoms with Gasteiger partial charge in [-0.1, -0.05) is 30.3 Å². The number of carbonyl (C=O) groups is 2. The maximum Gasteiger partial charge on any atom is 0.340 e. The topological polar surface area (TPSA) is 91.8 Å². The molecule has 2 aromatic rings. The fourth-order valence-electron chi connectivity index (χ4n) is 2.08. The average molecular weight is 327 g/mol. The van der Waals surface area contributed by atoms with Gasteiger partial charge in [0.2, 0.25) is 0 Å². The van der Waals surface area contributed by atoms with Crippen LogP contribution >= 0.6 is 0 Å². The molecule has 1 aromatic carbocycles. The summed E-state index contributed by atoms with van der Waals surface area (Å²) >= 11 is 0. The second kappa shape index (κ2) is 7.82. The fraction of sp³-hybridized carbons (Fsp3) is 0.111. The molecular weight excluding hydrogens is 310 g/mol. The predicted octanol–water partition coefficient (Wildman–Crippen LogP) is 2.38. The molecule has 0 saturated carbocycles. The molecule has 1 heterocycles. The lowest BCUT2D eigenvalue weighted by atomic mass is 10.00. The summed E-state index contributed by atoms with van der Waals surface area (Å²) < 4.78 is 14.8. The van der Waals surface area contributed by atoms with Gasteiger partial charge in [-0.15, -0.1) is 0 Å². The minimum absolute atomic E-state index is 0.0144. The van der Waals surface area contributed by atoms with Gasteiger partial charge < -0.3 is 19.6 Å². The molecule has 24 heavy (non-hydrogen) atoms. The van der Waals surface area contributed by atoms with Gasteiger partial charge in [-0.05, 0) is 23.8 Å². The third-order valence-corrected chi connectivity index (χ3v) is 3.23. The average Bonchev–Trinajstić information content (AvgIpc) is 3.15. The molecule has 0 fully saturated rings. The summed E-state index contributed by atoms with van der Waals surface area (Å²) in [6, 6.07) is 12.2. The zero-order valence-electron chi connectivity index (χ0n) is 13.3. The molecule has 2 rings (SSSR count). The van der Waals surface area contributed by atoms with Gasteiger partial charge in [-0.2, -0.15) is 0 Å². The summed E-state index contributed by atoms with van der Waals surface area (Å²) in [7, 11) is 2.42. The number of esters is 2. The molecule has 6 nitrogen and oxygen atoms in total. The lowest BCUT2D eigenvalue weighted by Gasteiger charge is -2.11. The molecule has 0 unspecified atom stereocenters. The summed E-state index contributed by atoms with van der Waals surface area (Å²) in [4.78, 5) is 24.5. The van der Waals surface area contributed by atoms with Crippen molar-refractivity contribution in [3.05, 3.63) is 71.2 Å². The number of benzene rings is 1. The van der Waals surface area contributed by atoms with E-state index in [0.29, 0.717) is 5.56 Å². The number of hydrogen-bond donors (Lipinski definition) is 1. The molecular formula is C18H17NO5. The lowest BCUT2D eigenvalue weighted by molar-refractivity contribution is -0.139. The van der Waals surface area contributed by atoms with Crippen molar-refractivity contribution in [3.8, 4) is 0 Å². The van der Waals surface area contributed by atoms with Crippen molar-refractivity contribution in [2.45, 2.75) is 0 Å². The Morgan fingerprint density at radius 2 is 1.67 bits per heavy atom. The summed E-state index contributed by atoms with van der Waals surface area (Å²) in [5, 5.41) is 0. The Morgan fingerprint density at radius 1 is 1.00 bits per heavy atom. The van der Waals surface area contributed by atoms with Crippen LogP contribution in [0, 0.1) is 0 Å². The van der Waals surface area contributed by atoms with E-state index in [1.807, 2.05) is 6.07 Å². The predicted molar refractivity (Wildman–Crippen MR) is 88.3 cm³/mol. The van der Waals surface area contributed by atoms with Gasteiger partial charge in [0.15, 0.2) is 0 Å². The van der Waals surface area contributed by atoms with Crippen LogP contribution < -0.4 is 5.73 Å². The summed E-state index contributed by atoms with van der Waals surface area (Å²) in [6.45, 7) is 0. The van der Waals surface area contributed by atoms with E-state index in [1.54, 1.807) is 36.4 Å². The molecule has 0 saturated heterocycles. The molecule has 0 aliphatic rings. The van der Waals surface area contributed by atoms with Crippen molar-refractivity contribution in [3.63, 3.8) is 0 Å². The first-order chi connectivity index (χ1) is 11.6. The van der Waals surface area contributed by atoms with Gasteiger partial charge in [0.25, 0.3) is 0 Å². The molecule has 1 aromatic heterocycles. The van der Waals surface area contributed by atoms with Gasteiger partial charge in [-0.3, -0.25) is 0 Å². The van der Waals surface area contributed by atoms with Crippen LogP contribution in [0.1, 0.15) is 11.3 Å². The fourth-order valence-corrected chi connectivity index (χ4v) is 2.08. The monoisotopic (exact) mass is 327 g/mol. The van der Waals surface area contributed by atoms with Crippen LogP contribution in [-0.4, -0.2) is 26.2 Å². The Labute approximate surface area is 139 Å². The molecule has 2 N–H and O–H groups in total. The first kappa shape index (κ1) is 17.1. The zero-order chi connectivity index (χ0) is 17.5. The van der Waals surface area contributed by atoms with Gasteiger partial charge in [0.05, 0.1) is 31.8 Å². The number of methoxy groups -OCH3 is 2. The van der Waals surface area contributed by atoms with Crippen LogP contribution in [0.3, 0.4) is 0 Å². The van der Waals surface area contributed by atoms with Gasteiger partial charge in [0.1, 0.15) is 11.3 Å². The van der Waals surface area contributed by atoms with E-state index in [9.17, 15) is 9.59 Å². The van der Waals surface area contributed by atoms with E-state index in [2.05, 4.69) is 0 Å². The minimum atomic E-state index is -0.767. The number of rotatable bonds is 5. The number of hydrogen-bond acceptors (Lipinski definition) is 6. The van der Waals surface area contributed by atoms with Crippen molar-refractivity contribution >= 4 is 23.7 Å². The smallest absolute Gasteiger partial charge is 0.340 e. The number of furan rings is 1. The Morgan fingerprint density at radius 3 is 2.21 bits per heavy atom. The maximum absolute atomic E-state index is 12.3. The van der Waals surface area contributed by atoms with Crippen molar-refractivity contribution in [1.29, 1.82) is 0 Å². The van der Waals surface area contributed by atoms with Crippen LogP contribution in [0.2, 0.25) is 0 Å². The molecule has 0 atom stereocenters. The molecule has 6 heteroatoms. The number of nitrogens with two attached hydrogens (primary N) is 1. The summed E-state index contributed by atoms with van der Waals surface area (Å²) in [5.74, 6) is -1.23. The van der Waals surface area contributed by atoms with Crippen molar-refractivity contribution < 1.29 is 23.5 Å². The second-order valence-corrected chi connectivity index (χ2v) is 4.72. The molecule has 0 radical (unpaired) electrons. The van der Waals surface area contributed by atoms with E-state index in [-0.39, 0.29) is 22.6 Å². The highest BCUT2D eigenvalue weighted by molar-refractivity contribution is 6.14. The van der Waals surface area contributed by atoms with Gasteiger partial charge >= 0.3 is 11.9 Å². The van der Waals surface area contributed by atoms with E-state index in [4.69, 9.17) is 19.6 Å². The van der Waals surface area contributed by atoms with Crippen molar-refractivity contribution in [2.75, 3.05) is 14.2 Å². The Hall–Kier alpha value is -3.28. The minimum Gasteiger partial charge on any atom is -0.465 e. The molecule has 0 aliphatic heterocycles. The molecule has 0 spiro atoms. The zero-order valence-corrected chi connectivity index (χ0v) is 13.3. The van der Waals surface area contributed by atoms with Crippen molar-refractivity contribution in [1.82, 2.24) is 0 Å². The largest absolute Gasteiger partial charge is 0.465 e. The van der Waals surface area contributed by atoms with E-state index >= 15 is 0 Å². The Kier molecular flexibility index (Phi) is 5.57. The highest BCUT2D eigenvalue weighted by Crippen LogP contribution is 2.24. The highest BCUT2D eigenvalue weighted by Gasteiger charge is 2.27. The van der Waals surface area contributed by atoms with E-state index in [1.165, 1.54) is 26.6 Å². The SMILES string of the molecule is COC(=O)C(=C(\N)c1ccco1)/C(=C\c1ccccc1)C(=O)OC. The summed E-state index contributed by atoms with van der Waals surface area (Å²) in [5.41, 5.74) is 6.58. The first-order valence-corrected chi connectivity index (χ1v) is 7.05. The van der Waals surface area contributed by atoms with Gasteiger partial charge in [0, 0.05) is 0 Å². The molecule has 0 amide bonds. The third-order valence-electron chi connectivity index (χ3n) is 3.23. The Balaban J connectivity index is 2.67. The van der Waals surface area contributed by atoms with Crippen LogP contribution in [0.15, 0.2) is 64.3 Å². The van der Waals surface area contributed by atoms with Crippen molar-refractivity contribution in [2.24, 2.45) is 5.73 Å². The van der Waals surface area contributed by atoms with Gasteiger partial charge in [-0.25, -0.2) is 9.59 Å². The lowest BCUT2D eigenvalue weighted by Crippen LogP contribution is -2.19. The molecule has 124 valence electrons. The van der Waals surface area contributed by atoms with E-state index < -0.39 is 11.9 Å². The van der Waals surface area contributed by atoms with Crippen LogP contribution in [-0.2, 0) is 19.1 Å². The maximum atomic E-state index is 12.3. The summed E-state index contributed by atoms with van der Waals surface area (Å²) in [6.07, 6.45) is 2.92. The standard InChI is InChI=1S/C18H17NO5/c1-22-17(20)13(11-12-7-4-3-5-8-12)15(18(21)23-2)16(19)14-9-6-10-24-14/h3-11H,19H2,1-2H3/b13-11+,16-15-. The van der Waals surface area contributed by atoms with Crippen LogP contribution in [0.25, 0.3) is 11.8 Å². The quantitative estimate of drug-likeness (QED) is 0.515. The highest BCUT2D eigenvalue weighted by atomic mass is 16.5. The number of ether oxygens (including phenoxy) is 2. The number of carbonyl (C=O) groups excluding carboxylic acids is 2. The Bertz CT molecular complexity index is 773. The normalized spacial score (nSPS) is 12.3. The third kappa shape index (κ3) is 3.73.